The second-order valence-electron chi connectivity index (χ2n) is 10.5. The normalized spacial score (nSPS) is 37.8. The number of hydrogen-bond acceptors (Lipinski definition) is 12. The molecule has 1 heterocycles. The van der Waals surface area contributed by atoms with Crippen molar-refractivity contribution in [2.75, 3.05) is 6.61 Å². The molecule has 224 valence electrons. The lowest BCUT2D eigenvalue weighted by Crippen LogP contribution is -2.67. The van der Waals surface area contributed by atoms with Gasteiger partial charge < -0.3 is 55.1 Å². The number of aliphatic hydroxyl groups is 8. The Labute approximate surface area is 224 Å². The maximum absolute atomic E-state index is 12.5. The molecule has 2 fully saturated rings. The van der Waals surface area contributed by atoms with E-state index >= 15 is 0 Å². The first-order chi connectivity index (χ1) is 18.1. The number of carbonyl (C=O) groups is 1. The average molecular weight is 553 g/mol. The Hall–Kier alpha value is -0.930. The van der Waals surface area contributed by atoms with Gasteiger partial charge in [-0.25, -0.2) is 0 Å². The molecule has 0 aromatic carbocycles. The fraction of sp³-hybridized carbons (Fsp3) is 0.962. The molecule has 0 spiro atoms. The molecule has 1 aliphatic heterocycles. The highest BCUT2D eigenvalue weighted by Gasteiger charge is 2.54. The minimum Gasteiger partial charge on any atom is -0.457 e. The molecule has 12 nitrogen and oxygen atoms in total. The molecular weight excluding hydrogens is 504 g/mol. The summed E-state index contributed by atoms with van der Waals surface area (Å²) in [5.74, 6) is -0.705. The Morgan fingerprint density at radius 2 is 1.11 bits per heavy atom. The Kier molecular flexibility index (Phi) is 14.9. The summed E-state index contributed by atoms with van der Waals surface area (Å²) in [6.07, 6.45) is -6.84. The van der Waals surface area contributed by atoms with E-state index in [1.165, 1.54) is 38.5 Å². The van der Waals surface area contributed by atoms with Crippen LogP contribution in [0.3, 0.4) is 0 Å². The van der Waals surface area contributed by atoms with Crippen molar-refractivity contribution in [2.45, 2.75) is 151 Å². The van der Waals surface area contributed by atoms with Crippen molar-refractivity contribution in [1.29, 1.82) is 0 Å². The van der Waals surface area contributed by atoms with Crippen LogP contribution >= 0.6 is 0 Å². The highest BCUT2D eigenvalue weighted by Crippen LogP contribution is 2.31. The van der Waals surface area contributed by atoms with E-state index in [4.69, 9.17) is 14.2 Å². The van der Waals surface area contributed by atoms with E-state index in [9.17, 15) is 45.6 Å². The first-order valence-corrected chi connectivity index (χ1v) is 14.0. The number of esters is 1. The molecule has 38 heavy (non-hydrogen) atoms. The van der Waals surface area contributed by atoms with E-state index in [1.54, 1.807) is 0 Å². The number of rotatable bonds is 16. The van der Waals surface area contributed by atoms with Crippen LogP contribution in [0.15, 0.2) is 0 Å². The number of ether oxygens (including phenoxy) is 3. The van der Waals surface area contributed by atoms with Gasteiger partial charge in [0.1, 0.15) is 54.9 Å². The van der Waals surface area contributed by atoms with Crippen molar-refractivity contribution in [2.24, 2.45) is 0 Å². The Balaban J connectivity index is 1.86. The first kappa shape index (κ1) is 33.3. The predicted octanol–water partition coefficient (Wildman–Crippen LogP) is -0.758. The van der Waals surface area contributed by atoms with Crippen LogP contribution in [0.1, 0.15) is 84.0 Å². The van der Waals surface area contributed by atoms with Crippen LogP contribution in [-0.4, -0.2) is 121 Å². The van der Waals surface area contributed by atoms with Gasteiger partial charge in [-0.3, -0.25) is 4.79 Å². The standard InChI is InChI=1S/C26H48O12/c1-2-3-4-5-6-7-8-9-10-11-12-13-16(28)37-24-21(33)19(31)20(32)22(34)25(24)38-26-23(35)18(30)17(29)15(14-27)36-26/h15,17-27,29-35H,2-14H2,1H3/t15-,17-,18+,19+,20+,21-,22-,23-,24-,25+,26+/m1/s1. The zero-order chi connectivity index (χ0) is 28.2. The minimum absolute atomic E-state index is 0.0295. The summed E-state index contributed by atoms with van der Waals surface area (Å²) >= 11 is 0. The Morgan fingerprint density at radius 3 is 1.63 bits per heavy atom. The molecule has 0 aromatic rings. The van der Waals surface area contributed by atoms with E-state index < -0.39 is 79.9 Å². The van der Waals surface area contributed by atoms with Gasteiger partial charge in [-0.1, -0.05) is 71.1 Å². The van der Waals surface area contributed by atoms with E-state index in [-0.39, 0.29) is 6.42 Å². The molecular formula is C26H48O12. The third-order valence-electron chi connectivity index (χ3n) is 7.44. The van der Waals surface area contributed by atoms with Crippen LogP contribution in [0.2, 0.25) is 0 Å². The van der Waals surface area contributed by atoms with E-state index in [0.29, 0.717) is 6.42 Å². The van der Waals surface area contributed by atoms with Crippen molar-refractivity contribution in [3.05, 3.63) is 0 Å². The van der Waals surface area contributed by atoms with Gasteiger partial charge in [-0.15, -0.1) is 0 Å². The van der Waals surface area contributed by atoms with Crippen LogP contribution in [-0.2, 0) is 19.0 Å². The monoisotopic (exact) mass is 552 g/mol. The molecule has 0 aromatic heterocycles. The number of hydrogen-bond donors (Lipinski definition) is 8. The van der Waals surface area contributed by atoms with E-state index in [2.05, 4.69) is 6.92 Å². The summed E-state index contributed by atoms with van der Waals surface area (Å²) in [5.41, 5.74) is 0. The minimum atomic E-state index is -1.87. The lowest BCUT2D eigenvalue weighted by molar-refractivity contribution is -0.340. The van der Waals surface area contributed by atoms with Gasteiger partial charge in [0.2, 0.25) is 0 Å². The summed E-state index contributed by atoms with van der Waals surface area (Å²) in [7, 11) is 0. The summed E-state index contributed by atoms with van der Waals surface area (Å²) < 4.78 is 16.1. The fourth-order valence-corrected chi connectivity index (χ4v) is 4.96. The quantitative estimate of drug-likeness (QED) is 0.0878. The molecule has 0 amide bonds. The molecule has 11 atom stereocenters. The van der Waals surface area contributed by atoms with Gasteiger partial charge in [0.25, 0.3) is 0 Å². The van der Waals surface area contributed by atoms with Crippen LogP contribution in [0.25, 0.3) is 0 Å². The zero-order valence-electron chi connectivity index (χ0n) is 22.3. The molecule has 8 N–H and O–H groups in total. The van der Waals surface area contributed by atoms with Crippen LogP contribution in [0.5, 0.6) is 0 Å². The second-order valence-corrected chi connectivity index (χ2v) is 10.5. The van der Waals surface area contributed by atoms with Gasteiger partial charge in [-0.2, -0.15) is 0 Å². The average Bonchev–Trinajstić information content (AvgIpc) is 2.91. The molecule has 0 radical (unpaired) electrons. The van der Waals surface area contributed by atoms with E-state index in [1.807, 2.05) is 0 Å². The number of carbonyl (C=O) groups excluding carboxylic acids is 1. The van der Waals surface area contributed by atoms with Gasteiger partial charge >= 0.3 is 5.97 Å². The van der Waals surface area contributed by atoms with Crippen molar-refractivity contribution in [3.8, 4) is 0 Å². The molecule has 1 saturated carbocycles. The van der Waals surface area contributed by atoms with E-state index in [0.717, 1.165) is 25.7 Å². The maximum atomic E-state index is 12.5. The van der Waals surface area contributed by atoms with Crippen molar-refractivity contribution < 1.29 is 59.9 Å². The second kappa shape index (κ2) is 17.0. The number of aliphatic hydroxyl groups excluding tert-OH is 8. The third kappa shape index (κ3) is 9.33. The summed E-state index contributed by atoms with van der Waals surface area (Å²) in [4.78, 5) is 12.5. The maximum Gasteiger partial charge on any atom is 0.306 e. The summed E-state index contributed by atoms with van der Waals surface area (Å²) in [6.45, 7) is 1.47. The van der Waals surface area contributed by atoms with Crippen LogP contribution in [0.4, 0.5) is 0 Å². The summed E-state index contributed by atoms with van der Waals surface area (Å²) in [6, 6.07) is 0. The van der Waals surface area contributed by atoms with Crippen molar-refractivity contribution >= 4 is 5.97 Å². The van der Waals surface area contributed by atoms with Gasteiger partial charge in [-0.05, 0) is 6.42 Å². The van der Waals surface area contributed by atoms with Gasteiger partial charge in [0, 0.05) is 6.42 Å². The third-order valence-corrected chi connectivity index (χ3v) is 7.44. The molecule has 0 bridgehead atoms. The topological polar surface area (TPSA) is 207 Å². The molecule has 1 aliphatic carbocycles. The number of unbranched alkanes of at least 4 members (excludes halogenated alkanes) is 10. The Bertz CT molecular complexity index is 664. The first-order valence-electron chi connectivity index (χ1n) is 14.0. The summed E-state index contributed by atoms with van der Waals surface area (Å²) in [5, 5.41) is 80.8. The highest BCUT2D eigenvalue weighted by molar-refractivity contribution is 5.69. The highest BCUT2D eigenvalue weighted by atomic mass is 16.7. The van der Waals surface area contributed by atoms with Gasteiger partial charge in [0.15, 0.2) is 12.4 Å². The predicted molar refractivity (Wildman–Crippen MR) is 134 cm³/mol. The Morgan fingerprint density at radius 1 is 0.632 bits per heavy atom. The molecule has 1 saturated heterocycles. The molecule has 0 unspecified atom stereocenters. The molecule has 12 heteroatoms. The lowest BCUT2D eigenvalue weighted by Gasteiger charge is -2.46. The largest absolute Gasteiger partial charge is 0.457 e. The molecule has 2 rings (SSSR count). The zero-order valence-corrected chi connectivity index (χ0v) is 22.3. The van der Waals surface area contributed by atoms with Crippen molar-refractivity contribution in [3.63, 3.8) is 0 Å². The van der Waals surface area contributed by atoms with Crippen molar-refractivity contribution in [1.82, 2.24) is 0 Å². The molecule has 2 aliphatic rings. The van der Waals surface area contributed by atoms with Crippen LogP contribution < -0.4 is 0 Å². The van der Waals surface area contributed by atoms with Gasteiger partial charge in [0.05, 0.1) is 6.61 Å². The smallest absolute Gasteiger partial charge is 0.306 e. The van der Waals surface area contributed by atoms with Crippen LogP contribution in [0, 0.1) is 0 Å². The SMILES string of the molecule is CCCCCCCCCCCCCC(=O)O[C@@H]1[C@H](O)[C@@H](O)[C@H](O)[C@@H](O)[C@@H]1O[C@@H]1O[C@H](CO)[C@@H](O)[C@H](O)[C@H]1O. The fourth-order valence-electron chi connectivity index (χ4n) is 4.96. The lowest BCUT2D eigenvalue weighted by atomic mass is 9.84.